The molecule has 0 bridgehead atoms. The standard InChI is InChI=1S/C10H5Cl4N/c11-5-1-2-6-7(10(13)14)4-9(12)15-8(6)3-5/h1-4,10H. The van der Waals surface area contributed by atoms with Crippen molar-refractivity contribution in [2.75, 3.05) is 0 Å². The summed E-state index contributed by atoms with van der Waals surface area (Å²) in [7, 11) is 0. The molecule has 1 aromatic heterocycles. The summed E-state index contributed by atoms with van der Waals surface area (Å²) in [6.07, 6.45) is 0. The Morgan fingerprint density at radius 3 is 2.47 bits per heavy atom. The molecule has 5 heteroatoms. The van der Waals surface area contributed by atoms with Gasteiger partial charge in [-0.3, -0.25) is 0 Å². The van der Waals surface area contributed by atoms with E-state index in [1.54, 1.807) is 18.2 Å². The molecule has 0 radical (unpaired) electrons. The van der Waals surface area contributed by atoms with Gasteiger partial charge in [-0.25, -0.2) is 4.98 Å². The molecule has 0 fully saturated rings. The molecule has 0 spiro atoms. The van der Waals surface area contributed by atoms with Crippen LogP contribution in [-0.2, 0) is 0 Å². The zero-order valence-electron chi connectivity index (χ0n) is 7.35. The number of hydrogen-bond donors (Lipinski definition) is 0. The van der Waals surface area contributed by atoms with E-state index in [0.29, 0.717) is 15.7 Å². The highest BCUT2D eigenvalue weighted by Gasteiger charge is 2.11. The molecule has 1 aromatic carbocycles. The van der Waals surface area contributed by atoms with Crippen LogP contribution in [0.3, 0.4) is 0 Å². The highest BCUT2D eigenvalue weighted by atomic mass is 35.5. The maximum Gasteiger partial charge on any atom is 0.133 e. The second kappa shape index (κ2) is 4.34. The third-order valence-electron chi connectivity index (χ3n) is 2.01. The number of benzene rings is 1. The first-order valence-corrected chi connectivity index (χ1v) is 5.74. The number of nitrogens with zero attached hydrogens (tertiary/aromatic N) is 1. The first-order valence-electron chi connectivity index (χ1n) is 4.12. The fourth-order valence-corrected chi connectivity index (χ4v) is 2.11. The maximum atomic E-state index is 5.85. The van der Waals surface area contributed by atoms with Gasteiger partial charge in [-0.05, 0) is 23.8 Å². The number of hydrogen-bond acceptors (Lipinski definition) is 1. The molecule has 0 amide bonds. The van der Waals surface area contributed by atoms with E-state index in [4.69, 9.17) is 46.4 Å². The lowest BCUT2D eigenvalue weighted by Gasteiger charge is -2.07. The fraction of sp³-hybridized carbons (Fsp3) is 0.100. The number of alkyl halides is 2. The van der Waals surface area contributed by atoms with E-state index in [-0.39, 0.29) is 0 Å². The average molecular weight is 281 g/mol. The highest BCUT2D eigenvalue weighted by Crippen LogP contribution is 2.33. The molecule has 0 N–H and O–H groups in total. The third kappa shape index (κ3) is 2.31. The number of aromatic nitrogens is 1. The fourth-order valence-electron chi connectivity index (χ4n) is 1.38. The van der Waals surface area contributed by atoms with E-state index in [1.807, 2.05) is 6.07 Å². The van der Waals surface area contributed by atoms with Crippen molar-refractivity contribution in [3.05, 3.63) is 40.0 Å². The largest absolute Gasteiger partial charge is 0.236 e. The zero-order valence-corrected chi connectivity index (χ0v) is 10.4. The van der Waals surface area contributed by atoms with Crippen LogP contribution in [0.2, 0.25) is 10.2 Å². The summed E-state index contributed by atoms with van der Waals surface area (Å²) in [5.41, 5.74) is 1.43. The van der Waals surface area contributed by atoms with E-state index in [1.165, 1.54) is 0 Å². The first-order chi connectivity index (χ1) is 7.08. The van der Waals surface area contributed by atoms with Crippen molar-refractivity contribution in [2.24, 2.45) is 0 Å². The van der Waals surface area contributed by atoms with Gasteiger partial charge in [0.25, 0.3) is 0 Å². The lowest BCUT2D eigenvalue weighted by Crippen LogP contribution is -1.89. The Bertz CT molecular complexity index is 505. The second-order valence-electron chi connectivity index (χ2n) is 3.00. The Hall–Kier alpha value is -0.210. The Balaban J connectivity index is 2.80. The van der Waals surface area contributed by atoms with Crippen molar-refractivity contribution < 1.29 is 0 Å². The van der Waals surface area contributed by atoms with Gasteiger partial charge >= 0.3 is 0 Å². The van der Waals surface area contributed by atoms with Gasteiger partial charge in [0.2, 0.25) is 0 Å². The SMILES string of the molecule is Clc1ccc2c(C(Cl)Cl)cc(Cl)nc2c1. The number of fused-ring (bicyclic) bond motifs is 1. The Kier molecular flexibility index (Phi) is 3.27. The molecular weight excluding hydrogens is 276 g/mol. The zero-order chi connectivity index (χ0) is 11.0. The van der Waals surface area contributed by atoms with Crippen molar-refractivity contribution in [2.45, 2.75) is 4.84 Å². The molecule has 1 heterocycles. The molecule has 1 nitrogen and oxygen atoms in total. The molecule has 78 valence electrons. The number of rotatable bonds is 1. The van der Waals surface area contributed by atoms with Crippen molar-refractivity contribution >= 4 is 57.3 Å². The van der Waals surface area contributed by atoms with Gasteiger partial charge in [-0.15, -0.1) is 23.2 Å². The van der Waals surface area contributed by atoms with Gasteiger partial charge in [0.1, 0.15) is 9.99 Å². The monoisotopic (exact) mass is 279 g/mol. The van der Waals surface area contributed by atoms with Crippen molar-refractivity contribution in [1.82, 2.24) is 4.98 Å². The third-order valence-corrected chi connectivity index (χ3v) is 2.91. The van der Waals surface area contributed by atoms with Crippen molar-refractivity contribution in [1.29, 1.82) is 0 Å². The van der Waals surface area contributed by atoms with Gasteiger partial charge in [0.15, 0.2) is 0 Å². The van der Waals surface area contributed by atoms with E-state index in [2.05, 4.69) is 4.98 Å². The molecule has 0 saturated carbocycles. The molecule has 0 aliphatic carbocycles. The van der Waals surface area contributed by atoms with Gasteiger partial charge in [0, 0.05) is 10.4 Å². The normalized spacial score (nSPS) is 11.3. The molecule has 2 aromatic rings. The van der Waals surface area contributed by atoms with Crippen LogP contribution < -0.4 is 0 Å². The first kappa shape index (κ1) is 11.3. The predicted molar refractivity (Wildman–Crippen MR) is 66.2 cm³/mol. The lowest BCUT2D eigenvalue weighted by molar-refractivity contribution is 1.32. The Morgan fingerprint density at radius 2 is 1.80 bits per heavy atom. The molecule has 2 rings (SSSR count). The minimum atomic E-state index is -0.630. The van der Waals surface area contributed by atoms with Crippen LogP contribution in [0.15, 0.2) is 24.3 Å². The molecule has 0 aliphatic rings. The van der Waals surface area contributed by atoms with Crippen LogP contribution in [0, 0.1) is 0 Å². The van der Waals surface area contributed by atoms with Crippen molar-refractivity contribution in [3.8, 4) is 0 Å². The molecule has 0 saturated heterocycles. The highest BCUT2D eigenvalue weighted by molar-refractivity contribution is 6.45. The minimum Gasteiger partial charge on any atom is -0.236 e. The van der Waals surface area contributed by atoms with E-state index in [9.17, 15) is 0 Å². The second-order valence-corrected chi connectivity index (χ2v) is 4.92. The molecule has 15 heavy (non-hydrogen) atoms. The summed E-state index contributed by atoms with van der Waals surface area (Å²) in [5.74, 6) is 0. The van der Waals surface area contributed by atoms with Crippen LogP contribution >= 0.6 is 46.4 Å². The van der Waals surface area contributed by atoms with Crippen LogP contribution in [0.25, 0.3) is 10.9 Å². The van der Waals surface area contributed by atoms with E-state index in [0.717, 1.165) is 10.9 Å². The summed E-state index contributed by atoms with van der Waals surface area (Å²) in [6.45, 7) is 0. The smallest absolute Gasteiger partial charge is 0.133 e. The van der Waals surface area contributed by atoms with E-state index < -0.39 is 4.84 Å². The summed E-state index contributed by atoms with van der Waals surface area (Å²) in [5, 5.41) is 1.81. The van der Waals surface area contributed by atoms with Gasteiger partial charge in [0.05, 0.1) is 5.52 Å². The summed E-state index contributed by atoms with van der Waals surface area (Å²) < 4.78 is 0. The van der Waals surface area contributed by atoms with Gasteiger partial charge in [-0.2, -0.15) is 0 Å². The predicted octanol–water partition coefficient (Wildman–Crippen LogP) is 5.02. The van der Waals surface area contributed by atoms with Crippen LogP contribution in [-0.4, -0.2) is 4.98 Å². The quantitative estimate of drug-likeness (QED) is 0.528. The molecule has 0 unspecified atom stereocenters. The molecule has 0 aliphatic heterocycles. The number of halogens is 4. The number of pyridine rings is 1. The van der Waals surface area contributed by atoms with Crippen LogP contribution in [0.1, 0.15) is 10.4 Å². The summed E-state index contributed by atoms with van der Waals surface area (Å²) in [6, 6.07) is 6.97. The average Bonchev–Trinajstić information content (AvgIpc) is 2.15. The lowest BCUT2D eigenvalue weighted by atomic mass is 10.1. The minimum absolute atomic E-state index is 0.353. The maximum absolute atomic E-state index is 5.85. The van der Waals surface area contributed by atoms with Crippen molar-refractivity contribution in [3.63, 3.8) is 0 Å². The summed E-state index contributed by atoms with van der Waals surface area (Å²) >= 11 is 23.4. The topological polar surface area (TPSA) is 12.9 Å². The van der Waals surface area contributed by atoms with E-state index >= 15 is 0 Å². The molecule has 0 atom stereocenters. The Labute approximate surface area is 107 Å². The van der Waals surface area contributed by atoms with Gasteiger partial charge < -0.3 is 0 Å². The van der Waals surface area contributed by atoms with Gasteiger partial charge in [-0.1, -0.05) is 29.3 Å². The van der Waals surface area contributed by atoms with Crippen LogP contribution in [0.5, 0.6) is 0 Å². The molecular formula is C10H5Cl4N. The van der Waals surface area contributed by atoms with Crippen LogP contribution in [0.4, 0.5) is 0 Å². The summed E-state index contributed by atoms with van der Waals surface area (Å²) in [4.78, 5) is 3.51. The Morgan fingerprint density at radius 1 is 1.07 bits per heavy atom.